The number of thiazole rings is 1. The summed E-state index contributed by atoms with van der Waals surface area (Å²) in [5.74, 6) is -1.90. The molecule has 2 aromatic rings. The van der Waals surface area contributed by atoms with E-state index in [2.05, 4.69) is 4.99 Å². The molecular weight excluding hydrogens is 438 g/mol. The van der Waals surface area contributed by atoms with Crippen LogP contribution in [-0.2, 0) is 26.5 Å². The maximum atomic E-state index is 12.6. The van der Waals surface area contributed by atoms with Crippen LogP contribution < -0.4 is 9.54 Å². The smallest absolute Gasteiger partial charge is 0.263 e. The number of hydrogen-bond acceptors (Lipinski definition) is 6. The highest BCUT2D eigenvalue weighted by Crippen LogP contribution is 2.23. The molecule has 3 rings (SSSR count). The lowest BCUT2D eigenvalue weighted by Crippen LogP contribution is -2.46. The Hall–Kier alpha value is -2.20. The number of likely N-dealkylation sites (tertiary alicyclic amines) is 1. The summed E-state index contributed by atoms with van der Waals surface area (Å²) < 4.78 is 33.1. The molecule has 0 bridgehead atoms. The van der Waals surface area contributed by atoms with Gasteiger partial charge >= 0.3 is 0 Å². The molecule has 2 heterocycles. The first kappa shape index (κ1) is 23.5. The molecule has 170 valence electrons. The number of rotatable bonds is 7. The Kier molecular flexibility index (Phi) is 7.53. The highest BCUT2D eigenvalue weighted by atomic mass is 32.2. The van der Waals surface area contributed by atoms with Crippen LogP contribution in [0.2, 0.25) is 0 Å². The van der Waals surface area contributed by atoms with Gasteiger partial charge in [0.1, 0.15) is 17.3 Å². The topological polar surface area (TPSA) is 98.0 Å². The second-order valence-corrected chi connectivity index (χ2v) is 10.8. The molecule has 10 heteroatoms. The Morgan fingerprint density at radius 3 is 2.71 bits per heavy atom. The monoisotopic (exact) mass is 467 g/mol. The summed E-state index contributed by atoms with van der Waals surface area (Å²) in [5, 5.41) is 0. The molecule has 1 aliphatic heterocycles. The first-order valence-electron chi connectivity index (χ1n) is 10.5. The Bertz CT molecular complexity index is 1130. The fourth-order valence-corrected chi connectivity index (χ4v) is 6.03. The van der Waals surface area contributed by atoms with Gasteiger partial charge in [0, 0.05) is 19.6 Å². The lowest BCUT2D eigenvalue weighted by atomic mass is 10.0. The first-order valence-corrected chi connectivity index (χ1v) is 13.2. The van der Waals surface area contributed by atoms with Gasteiger partial charge in [-0.05, 0) is 50.8 Å². The third-order valence-corrected chi connectivity index (χ3v) is 7.89. The van der Waals surface area contributed by atoms with E-state index in [4.69, 9.17) is 4.74 Å². The Morgan fingerprint density at radius 2 is 2.00 bits per heavy atom. The highest BCUT2D eigenvalue weighted by molar-refractivity contribution is 7.92. The summed E-state index contributed by atoms with van der Waals surface area (Å²) in [6.45, 7) is 5.02. The van der Waals surface area contributed by atoms with Crippen molar-refractivity contribution >= 4 is 43.2 Å². The third-order valence-electron chi connectivity index (χ3n) is 5.42. The number of aryl methyl sites for hydroxylation is 1. The van der Waals surface area contributed by atoms with E-state index in [9.17, 15) is 18.0 Å². The average Bonchev–Trinajstić information content (AvgIpc) is 3.01. The molecule has 8 nitrogen and oxygen atoms in total. The molecule has 0 aliphatic carbocycles. The molecular formula is C21H29N3O5S2. The molecule has 1 aromatic heterocycles. The van der Waals surface area contributed by atoms with Crippen LogP contribution in [0.3, 0.4) is 0 Å². The van der Waals surface area contributed by atoms with Crippen molar-refractivity contribution < 1.29 is 22.7 Å². The molecule has 2 amide bonds. The highest BCUT2D eigenvalue weighted by Gasteiger charge is 2.29. The quantitative estimate of drug-likeness (QED) is 0.622. The number of aromatic nitrogens is 1. The fourth-order valence-electron chi connectivity index (χ4n) is 3.88. The van der Waals surface area contributed by atoms with Crippen LogP contribution in [0.4, 0.5) is 0 Å². The van der Waals surface area contributed by atoms with E-state index < -0.39 is 33.2 Å². The summed E-state index contributed by atoms with van der Waals surface area (Å²) in [5.41, 5.74) is 0.869. The molecule has 1 aromatic carbocycles. The second-order valence-electron chi connectivity index (χ2n) is 7.69. The van der Waals surface area contributed by atoms with E-state index >= 15 is 0 Å². The number of carbonyl (C=O) groups is 2. The van der Waals surface area contributed by atoms with E-state index in [1.54, 1.807) is 16.5 Å². The number of sulfone groups is 1. The minimum atomic E-state index is -3.90. The van der Waals surface area contributed by atoms with Gasteiger partial charge in [0.2, 0.25) is 5.91 Å². The molecule has 0 saturated carbocycles. The molecule has 1 saturated heterocycles. The SMILES string of the molecule is CCOc1ccc2c(c1)sc(=NC(=O)CS(=O)(=O)CC(=O)N1CCCCC1CC)n2C. The molecule has 1 atom stereocenters. The number of amides is 2. The van der Waals surface area contributed by atoms with Gasteiger partial charge in [-0.2, -0.15) is 4.99 Å². The summed E-state index contributed by atoms with van der Waals surface area (Å²) in [6, 6.07) is 5.66. The van der Waals surface area contributed by atoms with Crippen molar-refractivity contribution in [1.29, 1.82) is 0 Å². The lowest BCUT2D eigenvalue weighted by molar-refractivity contribution is -0.132. The minimum Gasteiger partial charge on any atom is -0.494 e. The molecule has 0 spiro atoms. The molecule has 1 aliphatic rings. The summed E-state index contributed by atoms with van der Waals surface area (Å²) in [4.78, 5) is 31.0. The zero-order chi connectivity index (χ0) is 22.6. The Morgan fingerprint density at radius 1 is 1.23 bits per heavy atom. The van der Waals surface area contributed by atoms with Crippen LogP contribution in [0.25, 0.3) is 10.2 Å². The van der Waals surface area contributed by atoms with Crippen molar-refractivity contribution in [2.75, 3.05) is 24.7 Å². The largest absolute Gasteiger partial charge is 0.494 e. The number of hydrogen-bond donors (Lipinski definition) is 0. The van der Waals surface area contributed by atoms with Gasteiger partial charge in [0.15, 0.2) is 14.6 Å². The maximum Gasteiger partial charge on any atom is 0.263 e. The number of piperidine rings is 1. The van der Waals surface area contributed by atoms with Crippen LogP contribution in [0.5, 0.6) is 5.75 Å². The molecule has 0 radical (unpaired) electrons. The first-order chi connectivity index (χ1) is 14.7. The average molecular weight is 468 g/mol. The van der Waals surface area contributed by atoms with Crippen molar-refractivity contribution in [2.45, 2.75) is 45.6 Å². The van der Waals surface area contributed by atoms with E-state index in [-0.39, 0.29) is 6.04 Å². The van der Waals surface area contributed by atoms with Crippen molar-refractivity contribution in [1.82, 2.24) is 9.47 Å². The van der Waals surface area contributed by atoms with Gasteiger partial charge in [-0.25, -0.2) is 8.42 Å². The van der Waals surface area contributed by atoms with Crippen molar-refractivity contribution in [3.05, 3.63) is 23.0 Å². The maximum absolute atomic E-state index is 12.6. The molecule has 1 fully saturated rings. The fraction of sp³-hybridized carbons (Fsp3) is 0.571. The number of carbonyl (C=O) groups excluding carboxylic acids is 2. The summed E-state index contributed by atoms with van der Waals surface area (Å²) >= 11 is 1.28. The normalized spacial score (nSPS) is 17.8. The van der Waals surface area contributed by atoms with Crippen LogP contribution in [0.1, 0.15) is 39.5 Å². The van der Waals surface area contributed by atoms with Crippen molar-refractivity contribution in [2.24, 2.45) is 12.0 Å². The Labute approximate surface area is 186 Å². The number of fused-ring (bicyclic) bond motifs is 1. The zero-order valence-electron chi connectivity index (χ0n) is 18.2. The van der Waals surface area contributed by atoms with Gasteiger partial charge in [0.05, 0.1) is 16.8 Å². The number of nitrogens with zero attached hydrogens (tertiary/aromatic N) is 3. The molecule has 31 heavy (non-hydrogen) atoms. The van der Waals surface area contributed by atoms with Gasteiger partial charge in [-0.1, -0.05) is 18.3 Å². The van der Waals surface area contributed by atoms with E-state index in [0.717, 1.165) is 41.6 Å². The number of benzene rings is 1. The predicted octanol–water partition coefficient (Wildman–Crippen LogP) is 2.27. The minimum absolute atomic E-state index is 0.0796. The van der Waals surface area contributed by atoms with Gasteiger partial charge in [-0.3, -0.25) is 9.59 Å². The molecule has 1 unspecified atom stereocenters. The molecule has 0 N–H and O–H groups in total. The second kappa shape index (κ2) is 9.95. The van der Waals surface area contributed by atoms with Gasteiger partial charge in [-0.15, -0.1) is 0 Å². The van der Waals surface area contributed by atoms with E-state index in [0.29, 0.717) is 18.0 Å². The van der Waals surface area contributed by atoms with Crippen molar-refractivity contribution in [3.63, 3.8) is 0 Å². The van der Waals surface area contributed by atoms with Gasteiger partial charge < -0.3 is 14.2 Å². The van der Waals surface area contributed by atoms with Crippen LogP contribution in [0, 0.1) is 0 Å². The van der Waals surface area contributed by atoms with E-state index in [1.165, 1.54) is 11.3 Å². The predicted molar refractivity (Wildman–Crippen MR) is 121 cm³/mol. The van der Waals surface area contributed by atoms with Crippen molar-refractivity contribution in [3.8, 4) is 5.75 Å². The summed E-state index contributed by atoms with van der Waals surface area (Å²) in [7, 11) is -2.13. The number of ether oxygens (including phenoxy) is 1. The standard InChI is InChI=1S/C21H29N3O5S2/c1-4-15-8-6-7-11-24(15)20(26)14-31(27,28)13-19(25)22-21-23(3)17-10-9-16(29-5-2)12-18(17)30-21/h9-10,12,15H,4-8,11,13-14H2,1-3H3. The van der Waals surface area contributed by atoms with Crippen LogP contribution >= 0.6 is 11.3 Å². The van der Waals surface area contributed by atoms with E-state index in [1.807, 2.05) is 32.0 Å². The van der Waals surface area contributed by atoms with Crippen LogP contribution in [-0.4, -0.2) is 60.4 Å². The lowest BCUT2D eigenvalue weighted by Gasteiger charge is -2.35. The van der Waals surface area contributed by atoms with Gasteiger partial charge in [0.25, 0.3) is 5.91 Å². The Balaban J connectivity index is 1.73. The zero-order valence-corrected chi connectivity index (χ0v) is 19.8. The third kappa shape index (κ3) is 5.74. The summed E-state index contributed by atoms with van der Waals surface area (Å²) in [6.07, 6.45) is 3.62. The van der Waals surface area contributed by atoms with Crippen LogP contribution in [0.15, 0.2) is 23.2 Å².